The van der Waals surface area contributed by atoms with Crippen LogP contribution in [0.15, 0.2) is 36.4 Å². The highest BCUT2D eigenvalue weighted by atomic mass is 35.5. The van der Waals surface area contributed by atoms with E-state index in [4.69, 9.17) is 0 Å². The van der Waals surface area contributed by atoms with Crippen molar-refractivity contribution in [2.45, 2.75) is 26.8 Å². The summed E-state index contributed by atoms with van der Waals surface area (Å²) in [5, 5.41) is 6.44. The van der Waals surface area contributed by atoms with E-state index in [-0.39, 0.29) is 24.4 Å². The van der Waals surface area contributed by atoms with Gasteiger partial charge in [0.1, 0.15) is 0 Å². The average Bonchev–Trinajstić information content (AvgIpc) is 2.97. The minimum absolute atomic E-state index is 0. The molecule has 0 saturated carbocycles. The van der Waals surface area contributed by atoms with Crippen LogP contribution in [0.4, 0.5) is 0 Å². The maximum atomic E-state index is 12.7. The second-order valence-electron chi connectivity index (χ2n) is 7.09. The third-order valence-electron chi connectivity index (χ3n) is 5.32. The number of aromatic nitrogens is 1. The minimum Gasteiger partial charge on any atom is -0.351 e. The lowest BCUT2D eigenvalue weighted by Gasteiger charge is -2.27. The molecular weight excluding hydrogens is 360 g/mol. The van der Waals surface area contributed by atoms with Gasteiger partial charge in [-0.3, -0.25) is 9.69 Å². The van der Waals surface area contributed by atoms with Crippen LogP contribution in [0.2, 0.25) is 0 Å². The molecule has 1 aromatic heterocycles. The second-order valence-corrected chi connectivity index (χ2v) is 7.09. The summed E-state index contributed by atoms with van der Waals surface area (Å²) >= 11 is 0. The van der Waals surface area contributed by atoms with Crippen molar-refractivity contribution < 1.29 is 4.79 Å². The molecule has 0 spiro atoms. The van der Waals surface area contributed by atoms with Crippen LogP contribution < -0.4 is 10.6 Å². The molecule has 2 aromatic rings. The molecule has 3 rings (SSSR count). The van der Waals surface area contributed by atoms with Gasteiger partial charge in [-0.2, -0.15) is 0 Å². The molecule has 148 valence electrons. The molecule has 1 aliphatic heterocycles. The van der Waals surface area contributed by atoms with Gasteiger partial charge in [-0.25, -0.2) is 0 Å². The second kappa shape index (κ2) is 9.93. The number of hydrogen-bond acceptors (Lipinski definition) is 3. The molecule has 1 saturated heterocycles. The Morgan fingerprint density at radius 1 is 1.19 bits per heavy atom. The number of rotatable bonds is 6. The number of nitrogens with zero attached hydrogens (tertiary/aromatic N) is 2. The molecule has 5 nitrogen and oxygen atoms in total. The van der Waals surface area contributed by atoms with Crippen LogP contribution >= 0.6 is 12.4 Å². The zero-order chi connectivity index (χ0) is 18.5. The Balaban J connectivity index is 0.00000261. The van der Waals surface area contributed by atoms with Crippen molar-refractivity contribution >= 4 is 18.3 Å². The van der Waals surface area contributed by atoms with E-state index >= 15 is 0 Å². The van der Waals surface area contributed by atoms with Gasteiger partial charge in [0.2, 0.25) is 0 Å². The van der Waals surface area contributed by atoms with Gasteiger partial charge in [0.15, 0.2) is 0 Å². The Morgan fingerprint density at radius 3 is 2.52 bits per heavy atom. The number of amides is 1. The molecule has 0 aliphatic carbocycles. The quantitative estimate of drug-likeness (QED) is 0.797. The van der Waals surface area contributed by atoms with E-state index in [0.29, 0.717) is 6.54 Å². The Bertz CT molecular complexity index is 738. The number of benzene rings is 1. The highest BCUT2D eigenvalue weighted by Gasteiger charge is 2.19. The fourth-order valence-corrected chi connectivity index (χ4v) is 3.84. The molecule has 1 fully saturated rings. The minimum atomic E-state index is 0. The molecule has 27 heavy (non-hydrogen) atoms. The zero-order valence-electron chi connectivity index (χ0n) is 16.5. The van der Waals surface area contributed by atoms with Gasteiger partial charge in [-0.15, -0.1) is 12.4 Å². The first-order chi connectivity index (χ1) is 12.6. The Labute approximate surface area is 168 Å². The van der Waals surface area contributed by atoms with Gasteiger partial charge >= 0.3 is 0 Å². The molecule has 1 aromatic carbocycles. The lowest BCUT2D eigenvalue weighted by atomic mass is 10.1. The fourth-order valence-electron chi connectivity index (χ4n) is 3.84. The number of carbonyl (C=O) groups excluding carboxylic acids is 1. The first-order valence-corrected chi connectivity index (χ1v) is 9.52. The molecule has 2 heterocycles. The highest BCUT2D eigenvalue weighted by molar-refractivity contribution is 5.95. The lowest BCUT2D eigenvalue weighted by Crippen LogP contribution is -2.46. The van der Waals surface area contributed by atoms with Crippen LogP contribution in [0.5, 0.6) is 0 Å². The Hall–Kier alpha value is -1.82. The van der Waals surface area contributed by atoms with Crippen molar-refractivity contribution in [1.29, 1.82) is 0 Å². The van der Waals surface area contributed by atoms with Crippen molar-refractivity contribution in [2.24, 2.45) is 0 Å². The van der Waals surface area contributed by atoms with Crippen LogP contribution in [0.3, 0.4) is 0 Å². The van der Waals surface area contributed by atoms with Crippen molar-refractivity contribution in [3.8, 4) is 0 Å². The summed E-state index contributed by atoms with van der Waals surface area (Å²) in [6, 6.07) is 12.6. The summed E-state index contributed by atoms with van der Waals surface area (Å²) in [5.74, 6) is 0.0275. The number of aryl methyl sites for hydroxylation is 1. The van der Waals surface area contributed by atoms with Crippen molar-refractivity contribution in [2.75, 3.05) is 39.3 Å². The molecule has 1 atom stereocenters. The maximum Gasteiger partial charge on any atom is 0.253 e. The largest absolute Gasteiger partial charge is 0.351 e. The summed E-state index contributed by atoms with van der Waals surface area (Å²) in [5.41, 5.74) is 4.18. The standard InChI is InChI=1S/C21H30N4O.ClH/c1-16-15-20(21(26)23-11-14-24-12-9-22-10-13-24)18(3)25(16)17(2)19-7-5-4-6-8-19;/h4-8,15,17,22H,9-14H2,1-3H3,(H,23,26);1H. The lowest BCUT2D eigenvalue weighted by molar-refractivity contribution is 0.0946. The van der Waals surface area contributed by atoms with Crippen LogP contribution in [0.25, 0.3) is 0 Å². The maximum absolute atomic E-state index is 12.7. The number of carbonyl (C=O) groups is 1. The normalized spacial score (nSPS) is 15.8. The van der Waals surface area contributed by atoms with Gasteiger partial charge in [0, 0.05) is 50.7 Å². The SMILES string of the molecule is Cc1cc(C(=O)NCCN2CCNCC2)c(C)n1C(C)c1ccccc1.Cl. The van der Waals surface area contributed by atoms with Gasteiger partial charge in [0.25, 0.3) is 5.91 Å². The average molecular weight is 391 g/mol. The summed E-state index contributed by atoms with van der Waals surface area (Å²) in [4.78, 5) is 15.1. The number of nitrogens with one attached hydrogen (secondary N) is 2. The van der Waals surface area contributed by atoms with Gasteiger partial charge in [0.05, 0.1) is 11.6 Å². The van der Waals surface area contributed by atoms with Crippen LogP contribution in [0, 0.1) is 13.8 Å². The van der Waals surface area contributed by atoms with Gasteiger partial charge in [-0.1, -0.05) is 30.3 Å². The molecule has 6 heteroatoms. The van der Waals surface area contributed by atoms with E-state index in [1.165, 1.54) is 5.56 Å². The molecule has 2 N–H and O–H groups in total. The fraction of sp³-hybridized carbons (Fsp3) is 0.476. The van der Waals surface area contributed by atoms with Crippen molar-refractivity contribution in [3.63, 3.8) is 0 Å². The summed E-state index contributed by atoms with van der Waals surface area (Å²) in [6.07, 6.45) is 0. The number of piperazine rings is 1. The first kappa shape index (κ1) is 21.5. The Morgan fingerprint density at radius 2 is 1.85 bits per heavy atom. The van der Waals surface area contributed by atoms with Crippen molar-refractivity contribution in [3.05, 3.63) is 58.9 Å². The van der Waals surface area contributed by atoms with Gasteiger partial charge in [-0.05, 0) is 32.4 Å². The molecule has 1 aliphatic rings. The molecule has 1 amide bonds. The van der Waals surface area contributed by atoms with E-state index in [0.717, 1.165) is 49.7 Å². The predicted molar refractivity (Wildman–Crippen MR) is 113 cm³/mol. The molecule has 0 radical (unpaired) electrons. The summed E-state index contributed by atoms with van der Waals surface area (Å²) in [6.45, 7) is 12.1. The Kier molecular flexibility index (Phi) is 7.90. The summed E-state index contributed by atoms with van der Waals surface area (Å²) in [7, 11) is 0. The zero-order valence-corrected chi connectivity index (χ0v) is 17.3. The van der Waals surface area contributed by atoms with Crippen molar-refractivity contribution in [1.82, 2.24) is 20.1 Å². The van der Waals surface area contributed by atoms with E-state index < -0.39 is 0 Å². The van der Waals surface area contributed by atoms with E-state index in [1.54, 1.807) is 0 Å². The molecule has 1 unspecified atom stereocenters. The van der Waals surface area contributed by atoms with Gasteiger partial charge < -0.3 is 15.2 Å². The smallest absolute Gasteiger partial charge is 0.253 e. The van der Waals surface area contributed by atoms with Crippen LogP contribution in [0.1, 0.15) is 40.3 Å². The third-order valence-corrected chi connectivity index (χ3v) is 5.32. The van der Waals surface area contributed by atoms with E-state index in [9.17, 15) is 4.79 Å². The topological polar surface area (TPSA) is 49.3 Å². The highest BCUT2D eigenvalue weighted by Crippen LogP contribution is 2.25. The van der Waals surface area contributed by atoms with E-state index in [1.807, 2.05) is 19.1 Å². The third kappa shape index (κ3) is 5.12. The van der Waals surface area contributed by atoms with Crippen LogP contribution in [-0.4, -0.2) is 54.6 Å². The molecular formula is C21H31ClN4O. The predicted octanol–water partition coefficient (Wildman–Crippen LogP) is 2.77. The van der Waals surface area contributed by atoms with E-state index in [2.05, 4.69) is 58.2 Å². The summed E-state index contributed by atoms with van der Waals surface area (Å²) < 4.78 is 2.25. The monoisotopic (exact) mass is 390 g/mol. The molecule has 0 bridgehead atoms. The van der Waals surface area contributed by atoms with Crippen LogP contribution in [-0.2, 0) is 0 Å². The number of hydrogen-bond donors (Lipinski definition) is 2. The number of halogens is 1. The first-order valence-electron chi connectivity index (χ1n) is 9.52.